The van der Waals surface area contributed by atoms with Crippen LogP contribution in [0.4, 0.5) is 0 Å². The van der Waals surface area contributed by atoms with Gasteiger partial charge in [0.15, 0.2) is 5.96 Å². The minimum Gasteiger partial charge on any atom is -0.357 e. The van der Waals surface area contributed by atoms with Crippen molar-refractivity contribution in [1.29, 1.82) is 0 Å². The van der Waals surface area contributed by atoms with Crippen molar-refractivity contribution in [2.45, 2.75) is 46.6 Å². The maximum atomic E-state index is 12.4. The van der Waals surface area contributed by atoms with Gasteiger partial charge in [0.1, 0.15) is 0 Å². The third-order valence-electron chi connectivity index (χ3n) is 6.11. The van der Waals surface area contributed by atoms with Gasteiger partial charge in [-0.1, -0.05) is 30.2 Å². The Bertz CT molecular complexity index is 705. The molecule has 0 aromatic heterocycles. The summed E-state index contributed by atoms with van der Waals surface area (Å²) in [6.45, 7) is 13.4. The smallest absolute Gasteiger partial charge is 0.225 e. The van der Waals surface area contributed by atoms with Gasteiger partial charge in [-0.15, -0.1) is 0 Å². The topological polar surface area (TPSA) is 60.0 Å². The normalized spacial score (nSPS) is 18.4. The Labute approximate surface area is 175 Å². The molecule has 1 saturated heterocycles. The second kappa shape index (κ2) is 10.6. The van der Waals surface area contributed by atoms with Gasteiger partial charge in [0.2, 0.25) is 5.91 Å². The number of hydrogen-bond donors (Lipinski definition) is 2. The first-order valence-electron chi connectivity index (χ1n) is 11.2. The highest BCUT2D eigenvalue weighted by Gasteiger charge is 2.30. The van der Waals surface area contributed by atoms with Gasteiger partial charge in [-0.05, 0) is 44.7 Å². The molecule has 3 rings (SSSR count). The summed E-state index contributed by atoms with van der Waals surface area (Å²) >= 11 is 0. The van der Waals surface area contributed by atoms with Crippen LogP contribution in [0.3, 0.4) is 0 Å². The molecule has 2 aliphatic rings. The van der Waals surface area contributed by atoms with Gasteiger partial charge in [0.25, 0.3) is 0 Å². The highest BCUT2D eigenvalue weighted by molar-refractivity contribution is 5.80. The molecule has 0 unspecified atom stereocenters. The zero-order valence-electron chi connectivity index (χ0n) is 18.3. The number of rotatable bonds is 7. The van der Waals surface area contributed by atoms with E-state index in [9.17, 15) is 4.79 Å². The summed E-state index contributed by atoms with van der Waals surface area (Å²) in [6.07, 6.45) is 3.41. The summed E-state index contributed by atoms with van der Waals surface area (Å²) in [5, 5.41) is 6.79. The Morgan fingerprint density at radius 1 is 1.14 bits per heavy atom. The second-order valence-corrected chi connectivity index (χ2v) is 8.35. The van der Waals surface area contributed by atoms with Crippen LogP contribution in [-0.4, -0.2) is 67.5 Å². The number of hydrogen-bond acceptors (Lipinski definition) is 3. The number of guanidine groups is 1. The summed E-state index contributed by atoms with van der Waals surface area (Å²) in [5.41, 5.74) is 3.84. The molecular weight excluding hydrogens is 362 g/mol. The van der Waals surface area contributed by atoms with E-state index in [1.54, 1.807) is 0 Å². The summed E-state index contributed by atoms with van der Waals surface area (Å²) in [7, 11) is 0. The fraction of sp³-hybridized carbons (Fsp3) is 0.652. The molecule has 0 bridgehead atoms. The van der Waals surface area contributed by atoms with Crippen molar-refractivity contribution in [1.82, 2.24) is 20.4 Å². The number of amides is 1. The lowest BCUT2D eigenvalue weighted by atomic mass is 9.84. The molecule has 1 saturated carbocycles. The van der Waals surface area contributed by atoms with Crippen molar-refractivity contribution in [3.8, 4) is 0 Å². The lowest BCUT2D eigenvalue weighted by molar-refractivity contribution is -0.139. The van der Waals surface area contributed by atoms with Gasteiger partial charge in [-0.25, -0.2) is 4.99 Å². The van der Waals surface area contributed by atoms with Crippen molar-refractivity contribution >= 4 is 11.9 Å². The molecule has 0 atom stereocenters. The maximum Gasteiger partial charge on any atom is 0.225 e. The number of benzene rings is 1. The molecule has 0 radical (unpaired) electrons. The predicted molar refractivity (Wildman–Crippen MR) is 119 cm³/mol. The third kappa shape index (κ3) is 6.20. The van der Waals surface area contributed by atoms with Crippen LogP contribution in [0.1, 0.15) is 42.9 Å². The molecule has 1 aromatic carbocycles. The number of piperazine rings is 1. The van der Waals surface area contributed by atoms with Crippen LogP contribution in [0.5, 0.6) is 0 Å². The fourth-order valence-corrected chi connectivity index (χ4v) is 3.97. The van der Waals surface area contributed by atoms with Gasteiger partial charge in [0, 0.05) is 51.7 Å². The lowest BCUT2D eigenvalue weighted by Gasteiger charge is -2.38. The average molecular weight is 400 g/mol. The van der Waals surface area contributed by atoms with Crippen molar-refractivity contribution in [3.63, 3.8) is 0 Å². The van der Waals surface area contributed by atoms with E-state index in [-0.39, 0.29) is 0 Å². The highest BCUT2D eigenvalue weighted by atomic mass is 16.2. The van der Waals surface area contributed by atoms with Crippen LogP contribution in [0.15, 0.2) is 23.2 Å². The average Bonchev–Trinajstić information content (AvgIpc) is 2.66. The van der Waals surface area contributed by atoms with Gasteiger partial charge in [0.05, 0.1) is 6.54 Å². The van der Waals surface area contributed by atoms with E-state index in [0.29, 0.717) is 18.4 Å². The van der Waals surface area contributed by atoms with Crippen molar-refractivity contribution < 1.29 is 4.79 Å². The molecule has 0 spiro atoms. The van der Waals surface area contributed by atoms with Crippen LogP contribution < -0.4 is 10.6 Å². The molecule has 6 heteroatoms. The van der Waals surface area contributed by atoms with E-state index in [1.807, 2.05) is 0 Å². The Morgan fingerprint density at radius 2 is 1.90 bits per heavy atom. The Kier molecular flexibility index (Phi) is 7.92. The Morgan fingerprint density at radius 3 is 2.52 bits per heavy atom. The van der Waals surface area contributed by atoms with Gasteiger partial charge in [-0.3, -0.25) is 9.69 Å². The third-order valence-corrected chi connectivity index (χ3v) is 6.11. The summed E-state index contributed by atoms with van der Waals surface area (Å²) < 4.78 is 0. The van der Waals surface area contributed by atoms with E-state index in [4.69, 9.17) is 4.99 Å². The van der Waals surface area contributed by atoms with Gasteiger partial charge < -0.3 is 15.5 Å². The van der Waals surface area contributed by atoms with Crippen LogP contribution in [0.25, 0.3) is 0 Å². The first-order chi connectivity index (χ1) is 14.1. The number of nitrogens with zero attached hydrogens (tertiary/aromatic N) is 3. The SMILES string of the molecule is CCNC(=NCc1ccc(C)cc1C)NCCN1CCN(C(=O)C2CCC2)CC1. The van der Waals surface area contributed by atoms with Gasteiger partial charge >= 0.3 is 0 Å². The maximum absolute atomic E-state index is 12.4. The monoisotopic (exact) mass is 399 g/mol. The largest absolute Gasteiger partial charge is 0.357 e. The molecule has 1 amide bonds. The second-order valence-electron chi connectivity index (χ2n) is 8.35. The molecule has 1 aliphatic carbocycles. The minimum absolute atomic E-state index is 0.319. The molecule has 2 fully saturated rings. The lowest BCUT2D eigenvalue weighted by Crippen LogP contribution is -2.52. The molecule has 1 aliphatic heterocycles. The van der Waals surface area contributed by atoms with E-state index < -0.39 is 0 Å². The summed E-state index contributed by atoms with van der Waals surface area (Å²) in [4.78, 5) is 21.6. The van der Waals surface area contributed by atoms with Gasteiger partial charge in [-0.2, -0.15) is 0 Å². The molecule has 160 valence electrons. The minimum atomic E-state index is 0.319. The number of nitrogens with one attached hydrogen (secondary N) is 2. The van der Waals surface area contributed by atoms with Crippen LogP contribution in [-0.2, 0) is 11.3 Å². The molecule has 1 heterocycles. The number of aliphatic imine (C=N–C) groups is 1. The van der Waals surface area contributed by atoms with Crippen LogP contribution in [0, 0.1) is 19.8 Å². The molecule has 2 N–H and O–H groups in total. The molecule has 29 heavy (non-hydrogen) atoms. The summed E-state index contributed by atoms with van der Waals surface area (Å²) in [6, 6.07) is 6.52. The first-order valence-corrected chi connectivity index (χ1v) is 11.2. The van der Waals surface area contributed by atoms with Crippen LogP contribution in [0.2, 0.25) is 0 Å². The van der Waals surface area contributed by atoms with E-state index >= 15 is 0 Å². The zero-order valence-corrected chi connectivity index (χ0v) is 18.3. The standard InChI is InChI=1S/C23H37N5O/c1-4-24-23(26-17-21-9-8-18(2)16-19(21)3)25-10-11-27-12-14-28(15-13-27)22(29)20-6-5-7-20/h8-9,16,20H,4-7,10-15,17H2,1-3H3,(H2,24,25,26). The zero-order chi connectivity index (χ0) is 20.6. The fourth-order valence-electron chi connectivity index (χ4n) is 3.97. The number of carbonyl (C=O) groups is 1. The molecular formula is C23H37N5O. The van der Waals surface area contributed by atoms with E-state index in [1.165, 1.54) is 23.1 Å². The quantitative estimate of drug-likeness (QED) is 0.546. The Hall–Kier alpha value is -2.08. The van der Waals surface area contributed by atoms with E-state index in [2.05, 4.69) is 59.4 Å². The van der Waals surface area contributed by atoms with Crippen LogP contribution >= 0.6 is 0 Å². The highest BCUT2D eigenvalue weighted by Crippen LogP contribution is 2.28. The Balaban J connectivity index is 1.40. The molecule has 1 aromatic rings. The number of aryl methyl sites for hydroxylation is 2. The van der Waals surface area contributed by atoms with Crippen molar-refractivity contribution in [2.75, 3.05) is 45.8 Å². The number of carbonyl (C=O) groups excluding carboxylic acids is 1. The predicted octanol–water partition coefficient (Wildman–Crippen LogP) is 2.30. The first kappa shape index (κ1) is 21.6. The van der Waals surface area contributed by atoms with E-state index in [0.717, 1.165) is 64.6 Å². The van der Waals surface area contributed by atoms with Crippen molar-refractivity contribution in [3.05, 3.63) is 34.9 Å². The van der Waals surface area contributed by atoms with Crippen molar-refractivity contribution in [2.24, 2.45) is 10.9 Å². The molecule has 6 nitrogen and oxygen atoms in total. The summed E-state index contributed by atoms with van der Waals surface area (Å²) in [5.74, 6) is 1.58.